The van der Waals surface area contributed by atoms with E-state index in [0.717, 1.165) is 13.0 Å². The molecule has 0 aliphatic rings. The summed E-state index contributed by atoms with van der Waals surface area (Å²) in [6.07, 6.45) is 2.76. The zero-order valence-corrected chi connectivity index (χ0v) is 13.8. The fourth-order valence-corrected chi connectivity index (χ4v) is 2.14. The summed E-state index contributed by atoms with van der Waals surface area (Å²) in [6.45, 7) is 5.90. The second kappa shape index (κ2) is 8.79. The zero-order chi connectivity index (χ0) is 15.8. The summed E-state index contributed by atoms with van der Waals surface area (Å²) < 4.78 is 12.6. The Kier molecular flexibility index (Phi) is 7.39. The van der Waals surface area contributed by atoms with E-state index in [9.17, 15) is 4.79 Å². The first kappa shape index (κ1) is 17.7. The van der Waals surface area contributed by atoms with Crippen LogP contribution in [0.25, 0.3) is 0 Å². The van der Waals surface area contributed by atoms with Crippen molar-refractivity contribution >= 4 is 5.78 Å². The Morgan fingerprint density at radius 3 is 2.67 bits per heavy atom. The van der Waals surface area contributed by atoms with E-state index in [0.29, 0.717) is 31.0 Å². The molecule has 1 unspecified atom stereocenters. The minimum absolute atomic E-state index is 0.0493. The van der Waals surface area contributed by atoms with Crippen LogP contribution in [-0.2, 0) is 11.3 Å². The van der Waals surface area contributed by atoms with Crippen LogP contribution in [0.2, 0.25) is 0 Å². The number of nitrogens with zero attached hydrogens (tertiary/aromatic N) is 3. The maximum atomic E-state index is 12.8. The predicted octanol–water partition coefficient (Wildman–Crippen LogP) is 1.84. The number of Topliss-reactive ketones (excluding diaryl/α,β-unsaturated/α-hetero) is 1. The van der Waals surface area contributed by atoms with Gasteiger partial charge in [0.1, 0.15) is 11.8 Å². The Morgan fingerprint density at radius 2 is 2.14 bits per heavy atom. The number of rotatable bonds is 10. The maximum Gasteiger partial charge on any atom is 0.213 e. The van der Waals surface area contributed by atoms with Crippen LogP contribution in [0.1, 0.15) is 37.2 Å². The van der Waals surface area contributed by atoms with Gasteiger partial charge in [-0.2, -0.15) is 5.10 Å². The summed E-state index contributed by atoms with van der Waals surface area (Å²) in [5.41, 5.74) is 0.506. The maximum absolute atomic E-state index is 12.8. The molecule has 120 valence electrons. The SMILES string of the molecule is CCCC(OCC)C(=O)c1c(OC)cnn1CCN(C)C. The second-order valence-electron chi connectivity index (χ2n) is 5.18. The van der Waals surface area contributed by atoms with Gasteiger partial charge < -0.3 is 14.4 Å². The van der Waals surface area contributed by atoms with E-state index in [1.165, 1.54) is 0 Å². The Bertz CT molecular complexity index is 437. The highest BCUT2D eigenvalue weighted by atomic mass is 16.5. The average Bonchev–Trinajstić information content (AvgIpc) is 2.87. The summed E-state index contributed by atoms with van der Waals surface area (Å²) >= 11 is 0. The molecular formula is C15H27N3O3. The van der Waals surface area contributed by atoms with Crippen molar-refractivity contribution in [3.8, 4) is 5.75 Å². The van der Waals surface area contributed by atoms with E-state index in [1.807, 2.05) is 27.9 Å². The lowest BCUT2D eigenvalue weighted by Gasteiger charge is -2.17. The average molecular weight is 297 g/mol. The van der Waals surface area contributed by atoms with Gasteiger partial charge in [-0.3, -0.25) is 9.48 Å². The number of likely N-dealkylation sites (N-methyl/N-ethyl adjacent to an activating group) is 1. The Morgan fingerprint density at radius 1 is 1.43 bits per heavy atom. The van der Waals surface area contributed by atoms with Gasteiger partial charge in [-0.05, 0) is 27.4 Å². The highest BCUT2D eigenvalue weighted by molar-refractivity contribution is 6.00. The lowest BCUT2D eigenvalue weighted by molar-refractivity contribution is 0.0410. The molecule has 0 N–H and O–H groups in total. The third kappa shape index (κ3) is 4.82. The number of hydrogen-bond acceptors (Lipinski definition) is 5. The van der Waals surface area contributed by atoms with Crippen LogP contribution in [-0.4, -0.2) is 60.9 Å². The van der Waals surface area contributed by atoms with Crippen molar-refractivity contribution in [3.05, 3.63) is 11.9 Å². The van der Waals surface area contributed by atoms with Crippen molar-refractivity contribution in [2.45, 2.75) is 39.3 Å². The smallest absolute Gasteiger partial charge is 0.213 e. The summed E-state index contributed by atoms with van der Waals surface area (Å²) in [7, 11) is 5.53. The van der Waals surface area contributed by atoms with E-state index < -0.39 is 6.10 Å². The number of carbonyl (C=O) groups is 1. The van der Waals surface area contributed by atoms with E-state index >= 15 is 0 Å². The fraction of sp³-hybridized carbons (Fsp3) is 0.733. The lowest BCUT2D eigenvalue weighted by Crippen LogP contribution is -2.29. The fourth-order valence-electron chi connectivity index (χ4n) is 2.14. The van der Waals surface area contributed by atoms with E-state index in [4.69, 9.17) is 9.47 Å². The molecule has 6 nitrogen and oxygen atoms in total. The van der Waals surface area contributed by atoms with Gasteiger partial charge in [0.05, 0.1) is 19.9 Å². The van der Waals surface area contributed by atoms with Crippen molar-refractivity contribution < 1.29 is 14.3 Å². The minimum atomic E-state index is -0.427. The van der Waals surface area contributed by atoms with Crippen LogP contribution < -0.4 is 4.74 Å². The zero-order valence-electron chi connectivity index (χ0n) is 13.8. The molecule has 0 amide bonds. The third-order valence-electron chi connectivity index (χ3n) is 3.23. The predicted molar refractivity (Wildman–Crippen MR) is 82.0 cm³/mol. The first-order valence-corrected chi connectivity index (χ1v) is 7.45. The molecule has 1 rings (SSSR count). The van der Waals surface area contributed by atoms with Gasteiger partial charge in [-0.25, -0.2) is 0 Å². The third-order valence-corrected chi connectivity index (χ3v) is 3.23. The molecular weight excluding hydrogens is 270 g/mol. The molecule has 1 heterocycles. The van der Waals surface area contributed by atoms with Crippen LogP contribution in [0.15, 0.2) is 6.20 Å². The number of ether oxygens (including phenoxy) is 2. The quantitative estimate of drug-likeness (QED) is 0.617. The van der Waals surface area contributed by atoms with Crippen LogP contribution in [0.4, 0.5) is 0 Å². The molecule has 0 aromatic carbocycles. The molecule has 1 aromatic rings. The van der Waals surface area contributed by atoms with Crippen molar-refractivity contribution in [2.75, 3.05) is 34.4 Å². The van der Waals surface area contributed by atoms with Crippen LogP contribution in [0.5, 0.6) is 5.75 Å². The molecule has 0 bridgehead atoms. The van der Waals surface area contributed by atoms with Gasteiger partial charge in [-0.15, -0.1) is 0 Å². The molecule has 0 fully saturated rings. The summed E-state index contributed by atoms with van der Waals surface area (Å²) in [4.78, 5) is 14.8. The molecule has 1 aromatic heterocycles. The first-order chi connectivity index (χ1) is 10.0. The number of ketones is 1. The molecule has 0 aliphatic heterocycles. The molecule has 0 spiro atoms. The number of carbonyl (C=O) groups excluding carboxylic acids is 1. The van der Waals surface area contributed by atoms with E-state index in [1.54, 1.807) is 18.0 Å². The molecule has 21 heavy (non-hydrogen) atoms. The monoisotopic (exact) mass is 297 g/mol. The highest BCUT2D eigenvalue weighted by Crippen LogP contribution is 2.22. The Labute approximate surface area is 127 Å². The number of hydrogen-bond donors (Lipinski definition) is 0. The highest BCUT2D eigenvalue weighted by Gasteiger charge is 2.27. The van der Waals surface area contributed by atoms with Crippen LogP contribution >= 0.6 is 0 Å². The molecule has 0 saturated heterocycles. The van der Waals surface area contributed by atoms with E-state index in [2.05, 4.69) is 10.00 Å². The van der Waals surface area contributed by atoms with Gasteiger partial charge in [0.25, 0.3) is 0 Å². The standard InChI is InChI=1S/C15H27N3O3/c1-6-8-12(21-7-2)15(19)14-13(20-5)11-16-18(14)10-9-17(3)4/h11-12H,6-10H2,1-5H3. The summed E-state index contributed by atoms with van der Waals surface area (Å²) in [6, 6.07) is 0. The second-order valence-corrected chi connectivity index (χ2v) is 5.18. The molecule has 0 saturated carbocycles. The minimum Gasteiger partial charge on any atom is -0.493 e. The normalized spacial score (nSPS) is 12.7. The lowest BCUT2D eigenvalue weighted by atomic mass is 10.1. The van der Waals surface area contributed by atoms with Gasteiger partial charge in [0.2, 0.25) is 5.78 Å². The Balaban J connectivity index is 3.00. The van der Waals surface area contributed by atoms with Crippen molar-refractivity contribution in [2.24, 2.45) is 0 Å². The summed E-state index contributed by atoms with van der Waals surface area (Å²) in [5.74, 6) is 0.464. The Hall–Kier alpha value is -1.40. The molecule has 6 heteroatoms. The van der Waals surface area contributed by atoms with Crippen molar-refractivity contribution in [3.63, 3.8) is 0 Å². The van der Waals surface area contributed by atoms with Gasteiger partial charge in [0, 0.05) is 13.2 Å². The van der Waals surface area contributed by atoms with Crippen molar-refractivity contribution in [1.82, 2.24) is 14.7 Å². The van der Waals surface area contributed by atoms with Gasteiger partial charge in [-0.1, -0.05) is 13.3 Å². The van der Waals surface area contributed by atoms with Gasteiger partial charge >= 0.3 is 0 Å². The largest absolute Gasteiger partial charge is 0.493 e. The topological polar surface area (TPSA) is 56.6 Å². The number of aromatic nitrogens is 2. The van der Waals surface area contributed by atoms with Crippen molar-refractivity contribution in [1.29, 1.82) is 0 Å². The number of methoxy groups -OCH3 is 1. The summed E-state index contributed by atoms with van der Waals surface area (Å²) in [5, 5.41) is 4.27. The van der Waals surface area contributed by atoms with E-state index in [-0.39, 0.29) is 5.78 Å². The van der Waals surface area contributed by atoms with Crippen LogP contribution in [0.3, 0.4) is 0 Å². The molecule has 0 aliphatic carbocycles. The van der Waals surface area contributed by atoms with Gasteiger partial charge in [0.15, 0.2) is 5.75 Å². The molecule has 0 radical (unpaired) electrons. The van der Waals surface area contributed by atoms with Crippen LogP contribution in [0, 0.1) is 0 Å². The first-order valence-electron chi connectivity index (χ1n) is 7.45. The molecule has 1 atom stereocenters.